The lowest BCUT2D eigenvalue weighted by atomic mass is 9.94. The number of carbonyl (C=O) groups excluding carboxylic acids is 3. The maximum absolute atomic E-state index is 13.3. The van der Waals surface area contributed by atoms with Gasteiger partial charge in [-0.2, -0.15) is 0 Å². The Morgan fingerprint density at radius 3 is 2.49 bits per heavy atom. The van der Waals surface area contributed by atoms with Crippen LogP contribution in [0.5, 0.6) is 5.75 Å². The van der Waals surface area contributed by atoms with Gasteiger partial charge in [-0.3, -0.25) is 14.6 Å². The van der Waals surface area contributed by atoms with Crippen LogP contribution in [0, 0.1) is 0 Å². The molecule has 184 valence electrons. The van der Waals surface area contributed by atoms with Crippen molar-refractivity contribution in [2.24, 2.45) is 0 Å². The first-order valence-electron chi connectivity index (χ1n) is 11.3. The number of piperidine rings is 1. The number of halogens is 1. The number of rotatable bonds is 5. The van der Waals surface area contributed by atoms with E-state index >= 15 is 0 Å². The lowest BCUT2D eigenvalue weighted by molar-refractivity contribution is -0.142. The predicted octanol–water partition coefficient (Wildman–Crippen LogP) is 3.79. The lowest BCUT2D eigenvalue weighted by Gasteiger charge is -2.38. The molecule has 2 amide bonds. The summed E-state index contributed by atoms with van der Waals surface area (Å²) < 4.78 is 10.4. The number of benzene rings is 1. The fraction of sp³-hybridized carbons (Fsp3) is 0.360. The molecule has 35 heavy (non-hydrogen) atoms. The van der Waals surface area contributed by atoms with Crippen LogP contribution in [0.3, 0.4) is 0 Å². The zero-order chi connectivity index (χ0) is 25.1. The minimum Gasteiger partial charge on any atom is -0.507 e. The molecule has 0 aliphatic carbocycles. The molecule has 4 rings (SSSR count). The minimum atomic E-state index is -0.833. The van der Waals surface area contributed by atoms with Gasteiger partial charge in [-0.1, -0.05) is 11.6 Å². The largest absolute Gasteiger partial charge is 0.507 e. The molecular weight excluding hydrogens is 474 g/mol. The average Bonchev–Trinajstić information content (AvgIpc) is 3.14. The number of hydrogen-bond donors (Lipinski definition) is 1. The first-order valence-corrected chi connectivity index (χ1v) is 11.7. The molecule has 2 saturated heterocycles. The van der Waals surface area contributed by atoms with E-state index in [0.29, 0.717) is 42.3 Å². The highest BCUT2D eigenvalue weighted by atomic mass is 35.5. The van der Waals surface area contributed by atoms with Gasteiger partial charge in [-0.25, -0.2) is 4.79 Å². The first kappa shape index (κ1) is 24.5. The van der Waals surface area contributed by atoms with Crippen LogP contribution in [0.1, 0.15) is 36.9 Å². The van der Waals surface area contributed by atoms with E-state index in [1.165, 1.54) is 18.1 Å². The van der Waals surface area contributed by atoms with Gasteiger partial charge in [-0.15, -0.1) is 0 Å². The summed E-state index contributed by atoms with van der Waals surface area (Å²) in [4.78, 5) is 45.9. The quantitative estimate of drug-likeness (QED) is 0.378. The van der Waals surface area contributed by atoms with Crippen LogP contribution in [0.25, 0.3) is 5.76 Å². The summed E-state index contributed by atoms with van der Waals surface area (Å²) >= 11 is 6.15. The Hall–Kier alpha value is -3.59. The van der Waals surface area contributed by atoms with E-state index in [9.17, 15) is 19.5 Å². The monoisotopic (exact) mass is 499 g/mol. The molecule has 3 heterocycles. The van der Waals surface area contributed by atoms with Crippen molar-refractivity contribution in [2.75, 3.05) is 26.8 Å². The molecule has 2 aliphatic heterocycles. The number of nitrogens with zero attached hydrogens (tertiary/aromatic N) is 3. The Bertz CT molecular complexity index is 1160. The van der Waals surface area contributed by atoms with Crippen LogP contribution < -0.4 is 4.74 Å². The highest BCUT2D eigenvalue weighted by molar-refractivity contribution is 6.46. The molecular formula is C25H26ClN3O6. The van der Waals surface area contributed by atoms with E-state index in [1.54, 1.807) is 48.5 Å². The topological polar surface area (TPSA) is 109 Å². The summed E-state index contributed by atoms with van der Waals surface area (Å²) in [5, 5.41) is 11.7. The standard InChI is InChI=1S/C25H26ClN3O6/c1-3-35-25(33)28-12-8-17(9-13-28)29-21(15-6-10-27-11-7-15)20(23(31)24(29)32)22(30)18-14-16(26)4-5-19(18)34-2/h4-7,10-11,14,17,21,30H,3,8-9,12-13H2,1-2H3/b22-20+. The second kappa shape index (κ2) is 10.4. The maximum atomic E-state index is 13.3. The van der Waals surface area contributed by atoms with Gasteiger partial charge < -0.3 is 24.4 Å². The number of aliphatic hydroxyl groups excluding tert-OH is 1. The third-order valence-corrected chi connectivity index (χ3v) is 6.54. The Morgan fingerprint density at radius 2 is 1.86 bits per heavy atom. The highest BCUT2D eigenvalue weighted by Crippen LogP contribution is 2.43. The molecule has 1 N–H and O–H groups in total. The van der Waals surface area contributed by atoms with Crippen LogP contribution in [0.15, 0.2) is 48.3 Å². The molecule has 1 aromatic heterocycles. The van der Waals surface area contributed by atoms with Crippen LogP contribution >= 0.6 is 11.6 Å². The molecule has 10 heteroatoms. The number of methoxy groups -OCH3 is 1. The second-order valence-electron chi connectivity index (χ2n) is 8.25. The van der Waals surface area contributed by atoms with Gasteiger partial charge in [0.1, 0.15) is 11.5 Å². The van der Waals surface area contributed by atoms with E-state index in [4.69, 9.17) is 21.1 Å². The number of likely N-dealkylation sites (tertiary alicyclic amines) is 2. The minimum absolute atomic E-state index is 0.0467. The number of carbonyl (C=O) groups is 3. The van der Waals surface area contributed by atoms with Crippen LogP contribution in [0.2, 0.25) is 5.02 Å². The number of aromatic nitrogens is 1. The van der Waals surface area contributed by atoms with E-state index < -0.39 is 23.8 Å². The van der Waals surface area contributed by atoms with Crippen molar-refractivity contribution in [1.29, 1.82) is 0 Å². The van der Waals surface area contributed by atoms with E-state index in [2.05, 4.69) is 4.98 Å². The smallest absolute Gasteiger partial charge is 0.409 e. The van der Waals surface area contributed by atoms with Gasteiger partial charge >= 0.3 is 6.09 Å². The summed E-state index contributed by atoms with van der Waals surface area (Å²) in [5.74, 6) is -1.55. The highest BCUT2D eigenvalue weighted by Gasteiger charge is 2.49. The number of amides is 2. The van der Waals surface area contributed by atoms with Gasteiger partial charge in [0.05, 0.1) is 30.9 Å². The van der Waals surface area contributed by atoms with Gasteiger partial charge in [0.15, 0.2) is 0 Å². The van der Waals surface area contributed by atoms with E-state index in [1.807, 2.05) is 0 Å². The third-order valence-electron chi connectivity index (χ3n) is 6.30. The molecule has 0 bridgehead atoms. The summed E-state index contributed by atoms with van der Waals surface area (Å²) in [6, 6.07) is 6.94. The van der Waals surface area contributed by atoms with Crippen molar-refractivity contribution >= 4 is 35.1 Å². The summed E-state index contributed by atoms with van der Waals surface area (Å²) in [7, 11) is 1.44. The molecule has 0 saturated carbocycles. The number of hydrogen-bond acceptors (Lipinski definition) is 7. The number of aliphatic hydroxyl groups is 1. The Balaban J connectivity index is 1.76. The van der Waals surface area contributed by atoms with Gasteiger partial charge in [-0.05, 0) is 55.7 Å². The van der Waals surface area contributed by atoms with E-state index in [-0.39, 0.29) is 29.5 Å². The van der Waals surface area contributed by atoms with Crippen molar-refractivity contribution in [3.63, 3.8) is 0 Å². The first-order chi connectivity index (χ1) is 16.9. The average molecular weight is 500 g/mol. The van der Waals surface area contributed by atoms with Crippen molar-refractivity contribution < 1.29 is 29.0 Å². The van der Waals surface area contributed by atoms with Crippen molar-refractivity contribution in [1.82, 2.24) is 14.8 Å². The fourth-order valence-electron chi connectivity index (χ4n) is 4.65. The zero-order valence-electron chi connectivity index (χ0n) is 19.4. The number of ketones is 1. The molecule has 0 spiro atoms. The second-order valence-corrected chi connectivity index (χ2v) is 8.69. The fourth-order valence-corrected chi connectivity index (χ4v) is 4.82. The Labute approximate surface area is 207 Å². The molecule has 1 unspecified atom stereocenters. The predicted molar refractivity (Wildman–Crippen MR) is 128 cm³/mol. The summed E-state index contributed by atoms with van der Waals surface area (Å²) in [6.45, 7) is 2.80. The molecule has 0 radical (unpaired) electrons. The summed E-state index contributed by atoms with van der Waals surface area (Å²) in [6.07, 6.45) is 3.67. The molecule has 2 fully saturated rings. The Morgan fingerprint density at radius 1 is 1.17 bits per heavy atom. The van der Waals surface area contributed by atoms with Crippen LogP contribution in [-0.4, -0.2) is 70.5 Å². The van der Waals surface area contributed by atoms with Crippen molar-refractivity contribution in [2.45, 2.75) is 31.8 Å². The molecule has 9 nitrogen and oxygen atoms in total. The lowest BCUT2D eigenvalue weighted by Crippen LogP contribution is -2.48. The van der Waals surface area contributed by atoms with Crippen LogP contribution in [0.4, 0.5) is 4.79 Å². The normalized spacial score (nSPS) is 20.3. The zero-order valence-corrected chi connectivity index (χ0v) is 20.2. The van der Waals surface area contributed by atoms with Gasteiger partial charge in [0.25, 0.3) is 11.7 Å². The van der Waals surface area contributed by atoms with Gasteiger partial charge in [0.2, 0.25) is 0 Å². The number of ether oxygens (including phenoxy) is 2. The van der Waals surface area contributed by atoms with Gasteiger partial charge in [0, 0.05) is 36.5 Å². The van der Waals surface area contributed by atoms with Crippen molar-refractivity contribution in [3.8, 4) is 5.75 Å². The molecule has 1 aromatic carbocycles. The number of pyridine rings is 1. The molecule has 2 aromatic rings. The Kier molecular flexibility index (Phi) is 7.25. The van der Waals surface area contributed by atoms with E-state index in [0.717, 1.165) is 0 Å². The molecule has 2 aliphatic rings. The maximum Gasteiger partial charge on any atom is 0.409 e. The van der Waals surface area contributed by atoms with Crippen molar-refractivity contribution in [3.05, 3.63) is 64.4 Å². The summed E-state index contributed by atoms with van der Waals surface area (Å²) in [5.41, 5.74) is 0.804. The molecule has 1 atom stereocenters. The third kappa shape index (κ3) is 4.68. The number of Topliss-reactive ketones (excluding diaryl/α,β-unsaturated/α-hetero) is 1. The van der Waals surface area contributed by atoms with Crippen LogP contribution in [-0.2, 0) is 14.3 Å². The SMILES string of the molecule is CCOC(=O)N1CCC(N2C(=O)C(=O)/C(=C(/O)c3cc(Cl)ccc3OC)C2c2ccncc2)CC1.